The summed E-state index contributed by atoms with van der Waals surface area (Å²) >= 11 is 1.39. The molecule has 0 aliphatic rings. The SMILES string of the molecule is CCc1cccc(C)c1NC(=O)Cn1c(SCc2ccccc2F)nc2cccnc21. The van der Waals surface area contributed by atoms with Crippen molar-refractivity contribution in [1.82, 2.24) is 14.5 Å². The van der Waals surface area contributed by atoms with Gasteiger partial charge in [-0.1, -0.05) is 55.1 Å². The summed E-state index contributed by atoms with van der Waals surface area (Å²) in [4.78, 5) is 22.0. The van der Waals surface area contributed by atoms with Crippen LogP contribution in [0.15, 0.2) is 66.0 Å². The number of nitrogens with one attached hydrogen (secondary N) is 1. The maximum atomic E-state index is 14.0. The van der Waals surface area contributed by atoms with Gasteiger partial charge in [-0.3, -0.25) is 9.36 Å². The maximum absolute atomic E-state index is 14.0. The van der Waals surface area contributed by atoms with E-state index in [1.807, 2.05) is 43.3 Å². The molecule has 7 heteroatoms. The van der Waals surface area contributed by atoms with Crippen LogP contribution in [0.4, 0.5) is 10.1 Å². The predicted molar refractivity (Wildman–Crippen MR) is 123 cm³/mol. The number of hydrogen-bond donors (Lipinski definition) is 1. The molecule has 0 saturated heterocycles. The van der Waals surface area contributed by atoms with Crippen LogP contribution in [0.1, 0.15) is 23.6 Å². The van der Waals surface area contributed by atoms with Crippen LogP contribution in [0, 0.1) is 12.7 Å². The van der Waals surface area contributed by atoms with Gasteiger partial charge in [0.05, 0.1) is 0 Å². The number of aromatic nitrogens is 3. The van der Waals surface area contributed by atoms with Crippen LogP contribution in [-0.4, -0.2) is 20.4 Å². The summed E-state index contributed by atoms with van der Waals surface area (Å²) in [7, 11) is 0. The number of rotatable bonds is 7. The molecule has 0 fully saturated rings. The maximum Gasteiger partial charge on any atom is 0.244 e. The summed E-state index contributed by atoms with van der Waals surface area (Å²) in [6, 6.07) is 16.4. The number of carbonyl (C=O) groups is 1. The number of anilines is 1. The third kappa shape index (κ3) is 4.61. The average molecular weight is 435 g/mol. The van der Waals surface area contributed by atoms with Crippen LogP contribution >= 0.6 is 11.8 Å². The fourth-order valence-corrected chi connectivity index (χ4v) is 4.46. The summed E-state index contributed by atoms with van der Waals surface area (Å²) < 4.78 is 15.8. The fraction of sp³-hybridized carbons (Fsp3) is 0.208. The van der Waals surface area contributed by atoms with Crippen molar-refractivity contribution in [3.63, 3.8) is 0 Å². The van der Waals surface area contributed by atoms with E-state index in [0.717, 1.165) is 23.2 Å². The van der Waals surface area contributed by atoms with Crippen LogP contribution in [0.3, 0.4) is 0 Å². The summed E-state index contributed by atoms with van der Waals surface area (Å²) in [5.41, 5.74) is 4.90. The van der Waals surface area contributed by atoms with Crippen LogP contribution in [0.25, 0.3) is 11.2 Å². The quantitative estimate of drug-likeness (QED) is 0.397. The number of amides is 1. The molecule has 1 N–H and O–H groups in total. The van der Waals surface area contributed by atoms with E-state index in [4.69, 9.17) is 0 Å². The third-order valence-electron chi connectivity index (χ3n) is 5.09. The Labute approximate surface area is 184 Å². The molecule has 0 bridgehead atoms. The molecule has 2 aromatic carbocycles. The van der Waals surface area contributed by atoms with Gasteiger partial charge in [-0.2, -0.15) is 0 Å². The van der Waals surface area contributed by atoms with Crippen molar-refractivity contribution < 1.29 is 9.18 Å². The van der Waals surface area contributed by atoms with E-state index < -0.39 is 0 Å². The number of hydrogen-bond acceptors (Lipinski definition) is 4. The lowest BCUT2D eigenvalue weighted by atomic mass is 10.1. The second-order valence-electron chi connectivity index (χ2n) is 7.22. The minimum atomic E-state index is -0.250. The first kappa shape index (κ1) is 21.1. The van der Waals surface area contributed by atoms with E-state index in [2.05, 4.69) is 22.2 Å². The summed E-state index contributed by atoms with van der Waals surface area (Å²) in [5.74, 6) is 0.0110. The van der Waals surface area contributed by atoms with Gasteiger partial charge >= 0.3 is 0 Å². The van der Waals surface area contributed by atoms with Gasteiger partial charge in [-0.05, 0) is 48.2 Å². The molecule has 0 radical (unpaired) electrons. The Morgan fingerprint density at radius 1 is 1.10 bits per heavy atom. The molecule has 2 aromatic heterocycles. The Bertz CT molecular complexity index is 1240. The van der Waals surface area contributed by atoms with Gasteiger partial charge in [0.2, 0.25) is 5.91 Å². The number of fused-ring (bicyclic) bond motifs is 1. The van der Waals surface area contributed by atoms with Gasteiger partial charge in [-0.15, -0.1) is 0 Å². The van der Waals surface area contributed by atoms with E-state index in [-0.39, 0.29) is 18.3 Å². The van der Waals surface area contributed by atoms with E-state index in [1.54, 1.807) is 22.9 Å². The van der Waals surface area contributed by atoms with Gasteiger partial charge in [0.15, 0.2) is 10.8 Å². The van der Waals surface area contributed by atoms with Crippen molar-refractivity contribution in [1.29, 1.82) is 0 Å². The van der Waals surface area contributed by atoms with Crippen molar-refractivity contribution in [3.05, 3.63) is 83.3 Å². The van der Waals surface area contributed by atoms with Crippen molar-refractivity contribution >= 4 is 34.5 Å². The van der Waals surface area contributed by atoms with Gasteiger partial charge < -0.3 is 5.32 Å². The number of benzene rings is 2. The first-order valence-corrected chi connectivity index (χ1v) is 11.1. The summed E-state index contributed by atoms with van der Waals surface area (Å²) in [6.45, 7) is 4.12. The predicted octanol–water partition coefficient (Wildman–Crippen LogP) is 5.37. The molecule has 5 nitrogen and oxygen atoms in total. The number of nitrogens with zero attached hydrogens (tertiary/aromatic N) is 3. The third-order valence-corrected chi connectivity index (χ3v) is 6.11. The van der Waals surface area contributed by atoms with Crippen molar-refractivity contribution in [2.45, 2.75) is 37.7 Å². The van der Waals surface area contributed by atoms with Gasteiger partial charge in [0.25, 0.3) is 0 Å². The molecule has 4 rings (SSSR count). The Balaban J connectivity index is 1.60. The zero-order valence-electron chi connectivity index (χ0n) is 17.4. The van der Waals surface area contributed by atoms with E-state index >= 15 is 0 Å². The minimum Gasteiger partial charge on any atom is -0.324 e. The molecule has 1 amide bonds. The molecule has 0 spiro atoms. The zero-order chi connectivity index (χ0) is 21.8. The number of para-hydroxylation sites is 1. The molecule has 2 heterocycles. The zero-order valence-corrected chi connectivity index (χ0v) is 18.2. The molecule has 0 unspecified atom stereocenters. The number of thioether (sulfide) groups is 1. The Kier molecular flexibility index (Phi) is 6.32. The van der Waals surface area contributed by atoms with Crippen LogP contribution in [0.5, 0.6) is 0 Å². The second kappa shape index (κ2) is 9.31. The van der Waals surface area contributed by atoms with Gasteiger partial charge in [-0.25, -0.2) is 14.4 Å². The topological polar surface area (TPSA) is 59.8 Å². The number of pyridine rings is 1. The molecule has 0 aliphatic heterocycles. The molecule has 158 valence electrons. The molecule has 0 aliphatic carbocycles. The lowest BCUT2D eigenvalue weighted by Gasteiger charge is -2.14. The Hall–Kier alpha value is -3.19. The number of aryl methyl sites for hydroxylation is 2. The van der Waals surface area contributed by atoms with Crippen LogP contribution in [0.2, 0.25) is 0 Å². The van der Waals surface area contributed by atoms with Gasteiger partial charge in [0, 0.05) is 17.6 Å². The standard InChI is InChI=1S/C24H23FN4OS/c1-3-17-10-6-8-16(2)22(17)28-21(30)14-29-23-20(12-7-13-26-23)27-24(29)31-15-18-9-4-5-11-19(18)25/h4-13H,3,14-15H2,1-2H3,(H,28,30). The lowest BCUT2D eigenvalue weighted by molar-refractivity contribution is -0.116. The Morgan fingerprint density at radius 3 is 2.71 bits per heavy atom. The number of halogens is 1. The highest BCUT2D eigenvalue weighted by Gasteiger charge is 2.17. The van der Waals surface area contributed by atoms with Crippen LogP contribution < -0.4 is 5.32 Å². The van der Waals surface area contributed by atoms with E-state index in [0.29, 0.717) is 27.6 Å². The first-order valence-electron chi connectivity index (χ1n) is 10.1. The minimum absolute atomic E-state index is 0.0740. The van der Waals surface area contributed by atoms with Crippen molar-refractivity contribution in [3.8, 4) is 0 Å². The highest BCUT2D eigenvalue weighted by Crippen LogP contribution is 2.27. The molecular weight excluding hydrogens is 411 g/mol. The lowest BCUT2D eigenvalue weighted by Crippen LogP contribution is -2.21. The van der Waals surface area contributed by atoms with E-state index in [1.165, 1.54) is 17.8 Å². The Morgan fingerprint density at radius 2 is 1.90 bits per heavy atom. The molecule has 0 atom stereocenters. The first-order chi connectivity index (χ1) is 15.1. The number of carbonyl (C=O) groups excluding carboxylic acids is 1. The van der Waals surface area contributed by atoms with Crippen molar-refractivity contribution in [2.24, 2.45) is 0 Å². The number of imidazole rings is 1. The highest BCUT2D eigenvalue weighted by atomic mass is 32.2. The smallest absolute Gasteiger partial charge is 0.244 e. The monoisotopic (exact) mass is 434 g/mol. The summed E-state index contributed by atoms with van der Waals surface area (Å²) in [5, 5.41) is 3.69. The van der Waals surface area contributed by atoms with Crippen molar-refractivity contribution in [2.75, 3.05) is 5.32 Å². The summed E-state index contributed by atoms with van der Waals surface area (Å²) in [6.07, 6.45) is 2.51. The van der Waals surface area contributed by atoms with Gasteiger partial charge in [0.1, 0.15) is 17.9 Å². The largest absolute Gasteiger partial charge is 0.324 e. The molecule has 31 heavy (non-hydrogen) atoms. The molecule has 4 aromatic rings. The second-order valence-corrected chi connectivity index (χ2v) is 8.16. The normalized spacial score (nSPS) is 11.1. The van der Waals surface area contributed by atoms with E-state index in [9.17, 15) is 9.18 Å². The van der Waals surface area contributed by atoms with Crippen LogP contribution in [-0.2, 0) is 23.5 Å². The fourth-order valence-electron chi connectivity index (χ4n) is 3.47. The highest BCUT2D eigenvalue weighted by molar-refractivity contribution is 7.98. The molecule has 0 saturated carbocycles. The average Bonchev–Trinajstić information content (AvgIpc) is 3.12. The molecular formula is C24H23FN4OS.